The first-order chi connectivity index (χ1) is 13.8. The molecule has 0 unspecified atom stereocenters. The Balaban J connectivity index is 2.09. The van der Waals surface area contributed by atoms with Crippen molar-refractivity contribution in [2.45, 2.75) is 46.7 Å². The van der Waals surface area contributed by atoms with Crippen LogP contribution in [0.1, 0.15) is 43.3 Å². The van der Waals surface area contributed by atoms with Crippen LogP contribution in [0.25, 0.3) is 16.9 Å². The normalized spacial score (nSPS) is 12.9. The quantitative estimate of drug-likeness (QED) is 0.514. The summed E-state index contributed by atoms with van der Waals surface area (Å²) < 4.78 is 6.68. The predicted octanol–water partition coefficient (Wildman–Crippen LogP) is 3.44. The maximum absolute atomic E-state index is 13.4. The molecule has 152 valence electrons. The Morgan fingerprint density at radius 3 is 2.48 bits per heavy atom. The molecular weight excluding hydrogens is 390 g/mol. The number of aryl methyl sites for hydroxylation is 2. The highest BCUT2D eigenvalue weighted by molar-refractivity contribution is 6.31. The maximum atomic E-state index is 13.4. The lowest BCUT2D eigenvalue weighted by Gasteiger charge is -2.13. The summed E-state index contributed by atoms with van der Waals surface area (Å²) in [6.45, 7) is 8.36. The van der Waals surface area contributed by atoms with Crippen LogP contribution in [-0.4, -0.2) is 23.1 Å². The van der Waals surface area contributed by atoms with E-state index in [4.69, 9.17) is 16.6 Å². The molecule has 0 aliphatic rings. The van der Waals surface area contributed by atoms with E-state index in [2.05, 4.69) is 18.4 Å². The van der Waals surface area contributed by atoms with Crippen molar-refractivity contribution in [1.82, 2.24) is 23.1 Å². The van der Waals surface area contributed by atoms with Gasteiger partial charge in [0.2, 0.25) is 5.78 Å². The van der Waals surface area contributed by atoms with Gasteiger partial charge in [-0.15, -0.1) is 0 Å². The monoisotopic (exact) mass is 413 g/mol. The minimum Gasteiger partial charge on any atom is -0.311 e. The number of halogens is 1. The van der Waals surface area contributed by atoms with E-state index in [1.165, 1.54) is 9.13 Å². The second-order valence-electron chi connectivity index (χ2n) is 7.54. The predicted molar refractivity (Wildman–Crippen MR) is 115 cm³/mol. The third-order valence-electron chi connectivity index (χ3n) is 5.88. The van der Waals surface area contributed by atoms with Crippen molar-refractivity contribution < 1.29 is 0 Å². The fourth-order valence-electron chi connectivity index (χ4n) is 3.92. The second kappa shape index (κ2) is 6.91. The molecule has 0 radical (unpaired) electrons. The molecule has 3 aromatic heterocycles. The molecule has 4 rings (SSSR count). The molecule has 3 heterocycles. The molecule has 0 fully saturated rings. The SMILES string of the molecule is CC[C@H](C)n1c(C)c(C)n2c3c(=O)n(Cc4ccccc4Cl)c(=O)n(C)c3nc12. The first-order valence-electron chi connectivity index (χ1n) is 9.70. The summed E-state index contributed by atoms with van der Waals surface area (Å²) in [6, 6.07) is 7.46. The van der Waals surface area contributed by atoms with Crippen LogP contribution < -0.4 is 11.2 Å². The minimum atomic E-state index is -0.410. The summed E-state index contributed by atoms with van der Waals surface area (Å²) in [5.41, 5.74) is 2.77. The number of fused-ring (bicyclic) bond motifs is 3. The molecule has 7 nitrogen and oxygen atoms in total. The molecule has 0 amide bonds. The van der Waals surface area contributed by atoms with E-state index in [0.717, 1.165) is 23.4 Å². The molecule has 0 bridgehead atoms. The lowest BCUT2D eigenvalue weighted by molar-refractivity contribution is 0.532. The Labute approximate surface area is 172 Å². The number of hydrogen-bond donors (Lipinski definition) is 0. The van der Waals surface area contributed by atoms with Crippen molar-refractivity contribution >= 4 is 28.5 Å². The number of nitrogens with zero attached hydrogens (tertiary/aromatic N) is 5. The average Bonchev–Trinajstić information content (AvgIpc) is 3.20. The zero-order valence-electron chi connectivity index (χ0n) is 17.2. The van der Waals surface area contributed by atoms with Gasteiger partial charge in [-0.25, -0.2) is 4.79 Å². The van der Waals surface area contributed by atoms with E-state index in [0.29, 0.717) is 22.0 Å². The Morgan fingerprint density at radius 2 is 1.83 bits per heavy atom. The first-order valence-corrected chi connectivity index (χ1v) is 10.1. The Hall–Kier alpha value is -2.80. The van der Waals surface area contributed by atoms with Gasteiger partial charge in [0.05, 0.1) is 6.54 Å². The van der Waals surface area contributed by atoms with Crippen LogP contribution in [0, 0.1) is 13.8 Å². The molecule has 29 heavy (non-hydrogen) atoms. The third kappa shape index (κ3) is 2.75. The number of benzene rings is 1. The molecule has 0 spiro atoms. The number of rotatable bonds is 4. The first kappa shape index (κ1) is 19.5. The van der Waals surface area contributed by atoms with Crippen LogP contribution in [-0.2, 0) is 13.6 Å². The number of imidazole rings is 2. The molecule has 0 aliphatic carbocycles. The average molecular weight is 414 g/mol. The lowest BCUT2D eigenvalue weighted by atomic mass is 10.2. The van der Waals surface area contributed by atoms with Gasteiger partial charge in [-0.2, -0.15) is 4.98 Å². The van der Waals surface area contributed by atoms with Gasteiger partial charge in [-0.05, 0) is 38.8 Å². The second-order valence-corrected chi connectivity index (χ2v) is 7.95. The Morgan fingerprint density at radius 1 is 1.14 bits per heavy atom. The molecule has 1 aromatic carbocycles. The molecule has 0 N–H and O–H groups in total. The largest absolute Gasteiger partial charge is 0.332 e. The van der Waals surface area contributed by atoms with Crippen molar-refractivity contribution in [3.05, 3.63) is 67.1 Å². The molecule has 4 aromatic rings. The molecule has 0 aliphatic heterocycles. The minimum absolute atomic E-state index is 0.110. The van der Waals surface area contributed by atoms with Gasteiger partial charge >= 0.3 is 5.69 Å². The van der Waals surface area contributed by atoms with Gasteiger partial charge in [-0.3, -0.25) is 18.3 Å². The molecular formula is C21H24ClN5O2. The summed E-state index contributed by atoms with van der Waals surface area (Å²) >= 11 is 6.27. The smallest absolute Gasteiger partial charge is 0.311 e. The van der Waals surface area contributed by atoms with Gasteiger partial charge in [0.15, 0.2) is 11.2 Å². The van der Waals surface area contributed by atoms with Crippen LogP contribution in [0.3, 0.4) is 0 Å². The molecule has 8 heteroatoms. The van der Waals surface area contributed by atoms with E-state index in [9.17, 15) is 9.59 Å². The summed E-state index contributed by atoms with van der Waals surface area (Å²) in [5.74, 6) is 0.687. The van der Waals surface area contributed by atoms with Gasteiger partial charge in [0.1, 0.15) is 0 Å². The van der Waals surface area contributed by atoms with Crippen molar-refractivity contribution in [2.24, 2.45) is 7.05 Å². The van der Waals surface area contributed by atoms with Crippen molar-refractivity contribution in [3.8, 4) is 0 Å². The Kier molecular flexibility index (Phi) is 4.65. The topological polar surface area (TPSA) is 66.2 Å². The summed E-state index contributed by atoms with van der Waals surface area (Å²) in [5, 5.41) is 0.523. The highest BCUT2D eigenvalue weighted by Gasteiger charge is 2.24. The Bertz CT molecular complexity index is 1370. The van der Waals surface area contributed by atoms with Crippen LogP contribution in [0.4, 0.5) is 0 Å². The standard InChI is InChI=1S/C21H24ClN5O2/c1-6-12(2)26-13(3)14(4)27-17-18(23-20(26)27)24(5)21(29)25(19(17)28)11-15-9-7-8-10-16(15)22/h7-10,12H,6,11H2,1-5H3/t12-/m0/s1. The van der Waals surface area contributed by atoms with Gasteiger partial charge < -0.3 is 4.57 Å². The highest BCUT2D eigenvalue weighted by atomic mass is 35.5. The van der Waals surface area contributed by atoms with Gasteiger partial charge in [0.25, 0.3) is 5.56 Å². The fraction of sp³-hybridized carbons (Fsp3) is 0.381. The maximum Gasteiger partial charge on any atom is 0.332 e. The zero-order valence-corrected chi connectivity index (χ0v) is 18.0. The van der Waals surface area contributed by atoms with Gasteiger partial charge in [0, 0.05) is 29.5 Å². The van der Waals surface area contributed by atoms with Crippen molar-refractivity contribution in [1.29, 1.82) is 0 Å². The van der Waals surface area contributed by atoms with E-state index < -0.39 is 5.69 Å². The zero-order chi connectivity index (χ0) is 21.0. The third-order valence-corrected chi connectivity index (χ3v) is 6.25. The summed E-state index contributed by atoms with van der Waals surface area (Å²) in [4.78, 5) is 31.1. The van der Waals surface area contributed by atoms with Crippen LogP contribution in [0.2, 0.25) is 5.02 Å². The van der Waals surface area contributed by atoms with E-state index in [-0.39, 0.29) is 18.1 Å². The number of hydrogen-bond acceptors (Lipinski definition) is 3. The van der Waals surface area contributed by atoms with Crippen molar-refractivity contribution in [3.63, 3.8) is 0 Å². The molecule has 0 saturated heterocycles. The molecule has 0 saturated carbocycles. The van der Waals surface area contributed by atoms with Crippen LogP contribution in [0.5, 0.6) is 0 Å². The number of aromatic nitrogens is 5. The van der Waals surface area contributed by atoms with E-state index in [1.54, 1.807) is 13.1 Å². The van der Waals surface area contributed by atoms with E-state index >= 15 is 0 Å². The van der Waals surface area contributed by atoms with Gasteiger partial charge in [-0.1, -0.05) is 36.7 Å². The van der Waals surface area contributed by atoms with Crippen LogP contribution in [0.15, 0.2) is 33.9 Å². The summed E-state index contributed by atoms with van der Waals surface area (Å²) in [6.07, 6.45) is 0.934. The van der Waals surface area contributed by atoms with Crippen LogP contribution >= 0.6 is 11.6 Å². The van der Waals surface area contributed by atoms with Crippen molar-refractivity contribution in [2.75, 3.05) is 0 Å². The highest BCUT2D eigenvalue weighted by Crippen LogP contribution is 2.25. The fourth-order valence-corrected chi connectivity index (χ4v) is 4.12. The summed E-state index contributed by atoms with van der Waals surface area (Å²) in [7, 11) is 1.65. The molecule has 1 atom stereocenters. The lowest BCUT2D eigenvalue weighted by Crippen LogP contribution is -2.39. The van der Waals surface area contributed by atoms with E-state index in [1.807, 2.05) is 36.4 Å².